The predicted octanol–water partition coefficient (Wildman–Crippen LogP) is 1.39. The Morgan fingerprint density at radius 2 is 2.33 bits per heavy atom. The van der Waals surface area contributed by atoms with E-state index in [1.54, 1.807) is 13.3 Å². The third kappa shape index (κ3) is 1.82. The summed E-state index contributed by atoms with van der Waals surface area (Å²) in [7, 11) is 1.66. The van der Waals surface area contributed by atoms with Crippen LogP contribution in [0.15, 0.2) is 18.3 Å². The molecule has 3 N–H and O–H groups in total. The van der Waals surface area contributed by atoms with Gasteiger partial charge in [0.05, 0.1) is 13.2 Å². The van der Waals surface area contributed by atoms with Crippen molar-refractivity contribution in [2.24, 2.45) is 11.3 Å². The molecule has 0 amide bonds. The van der Waals surface area contributed by atoms with Crippen LogP contribution in [0.3, 0.4) is 0 Å². The first-order valence-electron chi connectivity index (χ1n) is 5.16. The highest BCUT2D eigenvalue weighted by atomic mass is 16.5. The smallest absolute Gasteiger partial charge is 0.142 e. The Bertz CT molecular complexity index is 349. The summed E-state index contributed by atoms with van der Waals surface area (Å²) < 4.78 is 5.29. The maximum absolute atomic E-state index is 5.61. The molecule has 0 radical (unpaired) electrons. The van der Waals surface area contributed by atoms with Crippen molar-refractivity contribution in [1.82, 2.24) is 10.4 Å². The van der Waals surface area contributed by atoms with Gasteiger partial charge in [-0.1, -0.05) is 6.92 Å². The second kappa shape index (κ2) is 3.79. The van der Waals surface area contributed by atoms with Gasteiger partial charge >= 0.3 is 0 Å². The van der Waals surface area contributed by atoms with Crippen molar-refractivity contribution in [1.29, 1.82) is 0 Å². The van der Waals surface area contributed by atoms with Gasteiger partial charge in [0, 0.05) is 6.20 Å². The van der Waals surface area contributed by atoms with Crippen LogP contribution in [0.5, 0.6) is 5.75 Å². The Labute approximate surface area is 89.8 Å². The first-order chi connectivity index (χ1) is 7.21. The molecule has 0 saturated heterocycles. The number of hydrogen-bond acceptors (Lipinski definition) is 4. The van der Waals surface area contributed by atoms with Gasteiger partial charge in [0.1, 0.15) is 11.4 Å². The number of rotatable bonds is 4. The van der Waals surface area contributed by atoms with Crippen LogP contribution in [-0.4, -0.2) is 12.1 Å². The minimum atomic E-state index is 0.0775. The Morgan fingerprint density at radius 3 is 2.87 bits per heavy atom. The summed E-state index contributed by atoms with van der Waals surface area (Å²) in [6, 6.07) is 3.86. The van der Waals surface area contributed by atoms with Gasteiger partial charge in [-0.25, -0.2) is 0 Å². The summed E-state index contributed by atoms with van der Waals surface area (Å²) >= 11 is 0. The lowest BCUT2D eigenvalue weighted by molar-refractivity contribution is 0.338. The molecule has 1 saturated carbocycles. The van der Waals surface area contributed by atoms with Crippen molar-refractivity contribution in [3.8, 4) is 5.75 Å². The van der Waals surface area contributed by atoms with Crippen molar-refractivity contribution in [2.45, 2.75) is 25.8 Å². The standard InChI is InChI=1S/C11H17N3O/c1-11(5-6-11)10(14-12)9-8(15-2)4-3-7-13-9/h3-4,7,10,14H,5-6,12H2,1-2H3. The number of nitrogens with two attached hydrogens (primary N) is 1. The molecule has 0 aliphatic heterocycles. The fraction of sp³-hybridized carbons (Fsp3) is 0.545. The van der Waals surface area contributed by atoms with E-state index in [9.17, 15) is 0 Å². The SMILES string of the molecule is COc1cccnc1C(NN)C1(C)CC1. The molecule has 1 heterocycles. The van der Waals surface area contributed by atoms with Gasteiger partial charge < -0.3 is 4.74 Å². The van der Waals surface area contributed by atoms with Gasteiger partial charge in [-0.15, -0.1) is 0 Å². The van der Waals surface area contributed by atoms with Crippen molar-refractivity contribution in [3.63, 3.8) is 0 Å². The van der Waals surface area contributed by atoms with Crippen molar-refractivity contribution >= 4 is 0 Å². The zero-order chi connectivity index (χ0) is 10.9. The second-order valence-corrected chi connectivity index (χ2v) is 4.34. The van der Waals surface area contributed by atoms with Gasteiger partial charge in [-0.05, 0) is 30.4 Å². The highest BCUT2D eigenvalue weighted by molar-refractivity contribution is 5.31. The summed E-state index contributed by atoms with van der Waals surface area (Å²) in [6.45, 7) is 2.21. The van der Waals surface area contributed by atoms with Crippen molar-refractivity contribution < 1.29 is 4.74 Å². The van der Waals surface area contributed by atoms with Gasteiger partial charge in [0.2, 0.25) is 0 Å². The molecule has 1 atom stereocenters. The van der Waals surface area contributed by atoms with Crippen LogP contribution in [0.2, 0.25) is 0 Å². The van der Waals surface area contributed by atoms with Crippen LogP contribution < -0.4 is 16.0 Å². The molecular weight excluding hydrogens is 190 g/mol. The molecule has 4 heteroatoms. The van der Waals surface area contributed by atoms with Crippen LogP contribution >= 0.6 is 0 Å². The molecule has 0 spiro atoms. The van der Waals surface area contributed by atoms with E-state index in [-0.39, 0.29) is 11.5 Å². The average Bonchev–Trinajstić information content (AvgIpc) is 2.99. The number of ether oxygens (including phenoxy) is 1. The minimum absolute atomic E-state index is 0.0775. The van der Waals surface area contributed by atoms with E-state index in [1.807, 2.05) is 12.1 Å². The molecule has 0 bridgehead atoms. The summed E-state index contributed by atoms with van der Waals surface area (Å²) in [4.78, 5) is 4.36. The Hall–Kier alpha value is -1.13. The Morgan fingerprint density at radius 1 is 1.60 bits per heavy atom. The van der Waals surface area contributed by atoms with Crippen LogP contribution in [0, 0.1) is 5.41 Å². The average molecular weight is 207 g/mol. The predicted molar refractivity (Wildman–Crippen MR) is 58.2 cm³/mol. The minimum Gasteiger partial charge on any atom is -0.495 e. The lowest BCUT2D eigenvalue weighted by Gasteiger charge is -2.23. The van der Waals surface area contributed by atoms with E-state index in [1.165, 1.54) is 12.8 Å². The van der Waals surface area contributed by atoms with Crippen LogP contribution in [0.4, 0.5) is 0 Å². The Balaban J connectivity index is 2.33. The van der Waals surface area contributed by atoms with E-state index in [0.717, 1.165) is 11.4 Å². The van der Waals surface area contributed by atoms with Gasteiger partial charge in [0.15, 0.2) is 0 Å². The maximum Gasteiger partial charge on any atom is 0.142 e. The summed E-state index contributed by atoms with van der Waals surface area (Å²) in [5.41, 5.74) is 3.99. The number of hydrazine groups is 1. The highest BCUT2D eigenvalue weighted by Gasteiger charge is 2.46. The normalized spacial score (nSPS) is 19.7. The molecule has 2 rings (SSSR count). The summed E-state index contributed by atoms with van der Waals surface area (Å²) in [6.07, 6.45) is 4.14. The van der Waals surface area contributed by atoms with Crippen LogP contribution in [0.25, 0.3) is 0 Å². The lowest BCUT2D eigenvalue weighted by Crippen LogP contribution is -2.34. The van der Waals surface area contributed by atoms with Gasteiger partial charge in [0.25, 0.3) is 0 Å². The molecule has 4 nitrogen and oxygen atoms in total. The molecule has 82 valence electrons. The fourth-order valence-electron chi connectivity index (χ4n) is 1.89. The molecule has 1 aromatic rings. The largest absolute Gasteiger partial charge is 0.495 e. The number of pyridine rings is 1. The summed E-state index contributed by atoms with van der Waals surface area (Å²) in [5, 5.41) is 0. The van der Waals surface area contributed by atoms with Gasteiger partial charge in [-0.3, -0.25) is 16.3 Å². The quantitative estimate of drug-likeness (QED) is 0.578. The van der Waals surface area contributed by atoms with E-state index < -0.39 is 0 Å². The molecular formula is C11H17N3O. The number of aromatic nitrogens is 1. The zero-order valence-corrected chi connectivity index (χ0v) is 9.16. The Kier molecular flexibility index (Phi) is 2.63. The monoisotopic (exact) mass is 207 g/mol. The zero-order valence-electron chi connectivity index (χ0n) is 9.16. The second-order valence-electron chi connectivity index (χ2n) is 4.34. The number of methoxy groups -OCH3 is 1. The topological polar surface area (TPSA) is 60.2 Å². The summed E-state index contributed by atoms with van der Waals surface area (Å²) in [5.74, 6) is 6.41. The van der Waals surface area contributed by atoms with E-state index in [0.29, 0.717) is 0 Å². The molecule has 1 aromatic heterocycles. The molecule has 1 aliphatic carbocycles. The molecule has 1 unspecified atom stereocenters. The fourth-order valence-corrected chi connectivity index (χ4v) is 1.89. The lowest BCUT2D eigenvalue weighted by atomic mass is 9.95. The molecule has 1 fully saturated rings. The third-order valence-corrected chi connectivity index (χ3v) is 3.20. The number of hydrogen-bond donors (Lipinski definition) is 2. The van der Waals surface area contributed by atoms with Crippen molar-refractivity contribution in [3.05, 3.63) is 24.0 Å². The number of nitrogens with zero attached hydrogens (tertiary/aromatic N) is 1. The van der Waals surface area contributed by atoms with E-state index >= 15 is 0 Å². The van der Waals surface area contributed by atoms with E-state index in [4.69, 9.17) is 10.6 Å². The number of nitrogens with one attached hydrogen (secondary N) is 1. The van der Waals surface area contributed by atoms with E-state index in [2.05, 4.69) is 17.3 Å². The first-order valence-corrected chi connectivity index (χ1v) is 5.16. The molecule has 1 aliphatic rings. The van der Waals surface area contributed by atoms with Crippen molar-refractivity contribution in [2.75, 3.05) is 7.11 Å². The third-order valence-electron chi connectivity index (χ3n) is 3.20. The van der Waals surface area contributed by atoms with Crippen LogP contribution in [-0.2, 0) is 0 Å². The van der Waals surface area contributed by atoms with Gasteiger partial charge in [-0.2, -0.15) is 0 Å². The molecule has 15 heavy (non-hydrogen) atoms. The molecule has 0 aromatic carbocycles. The maximum atomic E-state index is 5.61. The van der Waals surface area contributed by atoms with Crippen LogP contribution in [0.1, 0.15) is 31.5 Å². The first kappa shape index (κ1) is 10.4. The highest BCUT2D eigenvalue weighted by Crippen LogP contribution is 2.54.